The van der Waals surface area contributed by atoms with Gasteiger partial charge in [-0.3, -0.25) is 4.79 Å². The van der Waals surface area contributed by atoms with Gasteiger partial charge in [0.15, 0.2) is 0 Å². The Balaban J connectivity index is 1.47. The van der Waals surface area contributed by atoms with Crippen molar-refractivity contribution >= 4 is 23.8 Å². The van der Waals surface area contributed by atoms with Gasteiger partial charge in [-0.2, -0.15) is 0 Å². The van der Waals surface area contributed by atoms with Crippen molar-refractivity contribution in [2.45, 2.75) is 36.0 Å². The van der Waals surface area contributed by atoms with Crippen LogP contribution in [0, 0.1) is 0 Å². The zero-order chi connectivity index (χ0) is 25.9. The van der Waals surface area contributed by atoms with E-state index in [1.165, 1.54) is 7.11 Å². The quantitative estimate of drug-likeness (QED) is 0.215. The highest BCUT2D eigenvalue weighted by molar-refractivity contribution is 8.00. The number of benzene rings is 3. The number of carbonyl (C=O) groups excluding carboxylic acids is 2. The van der Waals surface area contributed by atoms with Gasteiger partial charge in [0.1, 0.15) is 17.9 Å². The van der Waals surface area contributed by atoms with Crippen molar-refractivity contribution in [2.24, 2.45) is 0 Å². The van der Waals surface area contributed by atoms with E-state index in [1.54, 1.807) is 0 Å². The first-order valence-electron chi connectivity index (χ1n) is 11.7. The normalized spacial score (nSPS) is 12.4. The van der Waals surface area contributed by atoms with Crippen LogP contribution < -0.4 is 5.32 Å². The number of alkyl carbamates (subject to hydrolysis) is 1. The minimum Gasteiger partial charge on any atom is -0.468 e. The van der Waals surface area contributed by atoms with Gasteiger partial charge in [-0.05, 0) is 34.9 Å². The first-order valence-corrected chi connectivity index (χ1v) is 12.6. The summed E-state index contributed by atoms with van der Waals surface area (Å²) in [5, 5.41) is 10.8. The summed E-state index contributed by atoms with van der Waals surface area (Å²) in [5.74, 6) is -0.177. The second kappa shape index (κ2) is 13.3. The largest absolute Gasteiger partial charge is 0.468 e. The summed E-state index contributed by atoms with van der Waals surface area (Å²) in [6.07, 6.45) is 0.250. The molecule has 4 rings (SSSR count). The molecule has 0 saturated heterocycles. The smallest absolute Gasteiger partial charge is 0.408 e. The molecule has 1 N–H and O–H groups in total. The van der Waals surface area contributed by atoms with Crippen LogP contribution in [0.25, 0.3) is 0 Å². The second-order valence-electron chi connectivity index (χ2n) is 8.17. The summed E-state index contributed by atoms with van der Waals surface area (Å²) in [7, 11) is 1.35. The number of hydrogen-bond acceptors (Lipinski definition) is 8. The predicted octanol–water partition coefficient (Wildman–Crippen LogP) is 5.16. The van der Waals surface area contributed by atoms with Gasteiger partial charge in [0.2, 0.25) is 5.89 Å². The monoisotopic (exact) mass is 517 g/mol. The SMILES string of the molecule is COC(=O)[C@@H](Cc1ccccc1)Sc1nnc([C@H](Cc2ccccc2)NC(=O)OCc2ccccc2)o1. The van der Waals surface area contributed by atoms with Crippen LogP contribution in [0.5, 0.6) is 0 Å². The summed E-state index contributed by atoms with van der Waals surface area (Å²) in [4.78, 5) is 25.0. The number of amides is 1. The highest BCUT2D eigenvalue weighted by atomic mass is 32.2. The summed E-state index contributed by atoms with van der Waals surface area (Å²) >= 11 is 1.13. The highest BCUT2D eigenvalue weighted by Gasteiger charge is 2.27. The number of rotatable bonds is 11. The molecule has 0 saturated carbocycles. The number of aromatic nitrogens is 2. The Morgan fingerprint density at radius 1 is 0.838 bits per heavy atom. The van der Waals surface area contributed by atoms with Crippen molar-refractivity contribution in [3.8, 4) is 0 Å². The molecule has 0 spiro atoms. The lowest BCUT2D eigenvalue weighted by molar-refractivity contribution is -0.139. The predicted molar refractivity (Wildman–Crippen MR) is 139 cm³/mol. The third-order valence-electron chi connectivity index (χ3n) is 5.48. The fraction of sp³-hybridized carbons (Fsp3) is 0.214. The fourth-order valence-corrected chi connectivity index (χ4v) is 4.55. The third-order valence-corrected chi connectivity index (χ3v) is 6.49. The number of thioether (sulfide) groups is 1. The number of nitrogens with zero attached hydrogens (tertiary/aromatic N) is 2. The topological polar surface area (TPSA) is 104 Å². The molecule has 0 bridgehead atoms. The average molecular weight is 518 g/mol. The van der Waals surface area contributed by atoms with Crippen LogP contribution in [0.2, 0.25) is 0 Å². The Morgan fingerprint density at radius 3 is 2.00 bits per heavy atom. The van der Waals surface area contributed by atoms with Gasteiger partial charge in [0.05, 0.1) is 7.11 Å². The van der Waals surface area contributed by atoms with Crippen LogP contribution in [0.15, 0.2) is 101 Å². The van der Waals surface area contributed by atoms with Crippen LogP contribution in [0.1, 0.15) is 28.6 Å². The van der Waals surface area contributed by atoms with E-state index >= 15 is 0 Å². The van der Waals surface area contributed by atoms with Crippen molar-refractivity contribution in [1.29, 1.82) is 0 Å². The first-order chi connectivity index (χ1) is 18.1. The molecule has 9 heteroatoms. The Kier molecular flexibility index (Phi) is 9.31. The molecule has 1 heterocycles. The lowest BCUT2D eigenvalue weighted by Gasteiger charge is -2.16. The number of ether oxygens (including phenoxy) is 2. The minimum atomic E-state index is -0.627. The zero-order valence-corrected chi connectivity index (χ0v) is 21.1. The number of hydrogen-bond donors (Lipinski definition) is 1. The number of carbonyl (C=O) groups is 2. The Bertz CT molecular complexity index is 1270. The van der Waals surface area contributed by atoms with Crippen molar-refractivity contribution in [3.63, 3.8) is 0 Å². The molecule has 1 aromatic heterocycles. The van der Waals surface area contributed by atoms with E-state index in [0.29, 0.717) is 12.8 Å². The van der Waals surface area contributed by atoms with Crippen LogP contribution in [-0.2, 0) is 33.7 Å². The summed E-state index contributed by atoms with van der Waals surface area (Å²) < 4.78 is 16.3. The molecule has 0 aliphatic heterocycles. The summed E-state index contributed by atoms with van der Waals surface area (Å²) in [6, 6.07) is 28.1. The van der Waals surface area contributed by atoms with E-state index in [2.05, 4.69) is 15.5 Å². The van der Waals surface area contributed by atoms with E-state index in [9.17, 15) is 9.59 Å². The second-order valence-corrected chi connectivity index (χ2v) is 9.33. The lowest BCUT2D eigenvalue weighted by Crippen LogP contribution is -2.30. The Hall–Kier alpha value is -4.11. The van der Waals surface area contributed by atoms with E-state index in [4.69, 9.17) is 13.9 Å². The molecule has 2 atom stereocenters. The van der Waals surface area contributed by atoms with Gasteiger partial charge < -0.3 is 19.2 Å². The molecule has 37 heavy (non-hydrogen) atoms. The van der Waals surface area contributed by atoms with Crippen molar-refractivity contribution in [2.75, 3.05) is 7.11 Å². The molecule has 0 unspecified atom stereocenters. The van der Waals surface area contributed by atoms with Crippen molar-refractivity contribution in [3.05, 3.63) is 114 Å². The van der Waals surface area contributed by atoms with Gasteiger partial charge in [0.25, 0.3) is 5.22 Å². The summed E-state index contributed by atoms with van der Waals surface area (Å²) in [6.45, 7) is 0.135. The fourth-order valence-electron chi connectivity index (χ4n) is 3.62. The Morgan fingerprint density at radius 2 is 1.41 bits per heavy atom. The zero-order valence-electron chi connectivity index (χ0n) is 20.3. The maximum atomic E-state index is 12.6. The number of esters is 1. The molecule has 3 aromatic carbocycles. The van der Waals surface area contributed by atoms with Crippen LogP contribution in [0.4, 0.5) is 4.79 Å². The van der Waals surface area contributed by atoms with Crippen LogP contribution >= 0.6 is 11.8 Å². The average Bonchev–Trinajstić information content (AvgIpc) is 3.41. The van der Waals surface area contributed by atoms with E-state index in [1.807, 2.05) is 91.0 Å². The van der Waals surface area contributed by atoms with E-state index in [0.717, 1.165) is 28.5 Å². The maximum absolute atomic E-state index is 12.6. The van der Waals surface area contributed by atoms with Gasteiger partial charge in [-0.15, -0.1) is 10.2 Å². The molecule has 0 fully saturated rings. The van der Waals surface area contributed by atoms with E-state index in [-0.39, 0.29) is 17.7 Å². The number of methoxy groups -OCH3 is 1. The summed E-state index contributed by atoms with van der Waals surface area (Å²) in [5.41, 5.74) is 2.83. The molecule has 0 aliphatic carbocycles. The maximum Gasteiger partial charge on any atom is 0.408 e. The molecule has 190 valence electrons. The molecular weight excluding hydrogens is 490 g/mol. The van der Waals surface area contributed by atoms with E-state index < -0.39 is 23.4 Å². The molecular formula is C28H27N3O5S. The molecule has 0 radical (unpaired) electrons. The standard InChI is InChI=1S/C28H27N3O5S/c1-34-26(32)24(18-21-13-7-3-8-14-21)37-28-31-30-25(36-28)23(17-20-11-5-2-6-12-20)29-27(33)35-19-22-15-9-4-10-16-22/h2-16,23-24H,17-19H2,1H3,(H,29,33)/t23-,24+/m0/s1. The van der Waals surface area contributed by atoms with Gasteiger partial charge in [0, 0.05) is 6.42 Å². The van der Waals surface area contributed by atoms with Gasteiger partial charge in [-0.25, -0.2) is 4.79 Å². The van der Waals surface area contributed by atoms with Crippen LogP contribution in [-0.4, -0.2) is 34.6 Å². The Labute approximate surface area is 219 Å². The lowest BCUT2D eigenvalue weighted by atomic mass is 10.1. The van der Waals surface area contributed by atoms with Gasteiger partial charge in [-0.1, -0.05) is 91.0 Å². The van der Waals surface area contributed by atoms with Crippen molar-refractivity contribution < 1.29 is 23.5 Å². The van der Waals surface area contributed by atoms with Crippen molar-refractivity contribution in [1.82, 2.24) is 15.5 Å². The molecule has 0 aliphatic rings. The molecule has 4 aromatic rings. The molecule has 8 nitrogen and oxygen atoms in total. The van der Waals surface area contributed by atoms with Crippen LogP contribution in [0.3, 0.4) is 0 Å². The minimum absolute atomic E-state index is 0.135. The third kappa shape index (κ3) is 7.94. The number of nitrogens with one attached hydrogen (secondary N) is 1. The van der Waals surface area contributed by atoms with Gasteiger partial charge >= 0.3 is 12.1 Å². The highest BCUT2D eigenvalue weighted by Crippen LogP contribution is 2.28. The first kappa shape index (κ1) is 26.0. The molecule has 1 amide bonds.